The van der Waals surface area contributed by atoms with Gasteiger partial charge in [0.1, 0.15) is 5.82 Å². The SMILES string of the molecule is CCC(O)CCNC(=O)c1nc(C2CC2)n(-c2ccccc2)n1. The zero-order valence-electron chi connectivity index (χ0n) is 13.3. The monoisotopic (exact) mass is 314 g/mol. The second-order valence-corrected chi connectivity index (χ2v) is 5.92. The van der Waals surface area contributed by atoms with Gasteiger partial charge in [-0.2, -0.15) is 0 Å². The zero-order chi connectivity index (χ0) is 16.2. The van der Waals surface area contributed by atoms with E-state index < -0.39 is 0 Å². The largest absolute Gasteiger partial charge is 0.393 e. The third kappa shape index (κ3) is 3.76. The molecular formula is C17H22N4O2. The minimum absolute atomic E-state index is 0.196. The highest BCUT2D eigenvalue weighted by molar-refractivity contribution is 5.90. The number of hydrogen-bond acceptors (Lipinski definition) is 4. The second kappa shape index (κ2) is 6.91. The van der Waals surface area contributed by atoms with Crippen LogP contribution in [-0.2, 0) is 0 Å². The number of rotatable bonds is 7. The van der Waals surface area contributed by atoms with Gasteiger partial charge in [-0.1, -0.05) is 25.1 Å². The molecule has 0 bridgehead atoms. The van der Waals surface area contributed by atoms with Gasteiger partial charge in [0.05, 0.1) is 11.8 Å². The lowest BCUT2D eigenvalue weighted by atomic mass is 10.2. The maximum Gasteiger partial charge on any atom is 0.290 e. The predicted octanol–water partition coefficient (Wildman–Crippen LogP) is 2.04. The summed E-state index contributed by atoms with van der Waals surface area (Å²) in [6, 6.07) is 9.75. The van der Waals surface area contributed by atoms with Crippen molar-refractivity contribution in [1.82, 2.24) is 20.1 Å². The van der Waals surface area contributed by atoms with Crippen LogP contribution in [0.15, 0.2) is 30.3 Å². The molecule has 1 aliphatic rings. The van der Waals surface area contributed by atoms with Crippen LogP contribution in [0.2, 0.25) is 0 Å². The van der Waals surface area contributed by atoms with Gasteiger partial charge in [-0.25, -0.2) is 9.67 Å². The molecule has 0 spiro atoms. The highest BCUT2D eigenvalue weighted by Crippen LogP contribution is 2.39. The van der Waals surface area contributed by atoms with E-state index in [0.717, 1.165) is 24.4 Å². The van der Waals surface area contributed by atoms with Crippen molar-refractivity contribution >= 4 is 5.91 Å². The van der Waals surface area contributed by atoms with Gasteiger partial charge in [-0.3, -0.25) is 4.79 Å². The van der Waals surface area contributed by atoms with Crippen molar-refractivity contribution in [3.8, 4) is 5.69 Å². The molecule has 1 atom stereocenters. The number of nitrogens with one attached hydrogen (secondary N) is 1. The molecule has 1 unspecified atom stereocenters. The van der Waals surface area contributed by atoms with Crippen molar-refractivity contribution in [2.45, 2.75) is 44.6 Å². The van der Waals surface area contributed by atoms with Gasteiger partial charge in [-0.05, 0) is 37.8 Å². The molecular weight excluding hydrogens is 292 g/mol. The van der Waals surface area contributed by atoms with E-state index in [9.17, 15) is 9.90 Å². The second-order valence-electron chi connectivity index (χ2n) is 5.92. The van der Waals surface area contributed by atoms with Gasteiger partial charge in [-0.15, -0.1) is 5.10 Å². The standard InChI is InChI=1S/C17H22N4O2/c1-2-14(22)10-11-18-17(23)15-19-16(12-8-9-12)21(20-15)13-6-4-3-5-7-13/h3-7,12,14,22H,2,8-11H2,1H3,(H,18,23). The lowest BCUT2D eigenvalue weighted by Crippen LogP contribution is -2.28. The number of hydrogen-bond donors (Lipinski definition) is 2. The Morgan fingerprint density at radius 2 is 2.13 bits per heavy atom. The number of nitrogens with zero attached hydrogens (tertiary/aromatic N) is 3. The Hall–Kier alpha value is -2.21. The number of carbonyl (C=O) groups is 1. The van der Waals surface area contributed by atoms with Crippen LogP contribution in [0.3, 0.4) is 0 Å². The third-order valence-electron chi connectivity index (χ3n) is 4.01. The predicted molar refractivity (Wildman–Crippen MR) is 86.6 cm³/mol. The molecule has 1 aromatic carbocycles. The minimum Gasteiger partial charge on any atom is -0.393 e. The van der Waals surface area contributed by atoms with Crippen LogP contribution >= 0.6 is 0 Å². The van der Waals surface area contributed by atoms with Gasteiger partial charge in [0.2, 0.25) is 5.82 Å². The van der Waals surface area contributed by atoms with E-state index in [0.29, 0.717) is 25.3 Å². The Balaban J connectivity index is 1.74. The normalized spacial score (nSPS) is 15.4. The molecule has 1 saturated carbocycles. The van der Waals surface area contributed by atoms with Crippen LogP contribution in [0.1, 0.15) is 55.0 Å². The third-order valence-corrected chi connectivity index (χ3v) is 4.01. The average molecular weight is 314 g/mol. The highest BCUT2D eigenvalue weighted by Gasteiger charge is 2.31. The van der Waals surface area contributed by atoms with Crippen LogP contribution in [-0.4, -0.2) is 38.4 Å². The van der Waals surface area contributed by atoms with Crippen molar-refractivity contribution in [3.63, 3.8) is 0 Å². The Kier molecular flexibility index (Phi) is 4.71. The molecule has 0 radical (unpaired) electrons. The smallest absolute Gasteiger partial charge is 0.290 e. The first-order valence-corrected chi connectivity index (χ1v) is 8.17. The Morgan fingerprint density at radius 3 is 2.78 bits per heavy atom. The van der Waals surface area contributed by atoms with Crippen LogP contribution in [0.5, 0.6) is 0 Å². The minimum atomic E-state index is -0.382. The fourth-order valence-corrected chi connectivity index (χ4v) is 2.42. The molecule has 1 amide bonds. The van der Waals surface area contributed by atoms with Crippen LogP contribution in [0, 0.1) is 0 Å². The maximum atomic E-state index is 12.2. The summed E-state index contributed by atoms with van der Waals surface area (Å²) < 4.78 is 1.77. The van der Waals surface area contributed by atoms with Crippen molar-refractivity contribution < 1.29 is 9.90 Å². The summed E-state index contributed by atoms with van der Waals surface area (Å²) in [5.41, 5.74) is 0.919. The van der Waals surface area contributed by atoms with Crippen LogP contribution in [0.25, 0.3) is 5.69 Å². The molecule has 2 aromatic rings. The molecule has 3 rings (SSSR count). The van der Waals surface area contributed by atoms with E-state index in [-0.39, 0.29) is 17.8 Å². The van der Waals surface area contributed by atoms with E-state index >= 15 is 0 Å². The van der Waals surface area contributed by atoms with Crippen LogP contribution in [0.4, 0.5) is 0 Å². The molecule has 2 N–H and O–H groups in total. The summed E-state index contributed by atoms with van der Waals surface area (Å²) in [5.74, 6) is 1.16. The fraction of sp³-hybridized carbons (Fsp3) is 0.471. The van der Waals surface area contributed by atoms with E-state index in [4.69, 9.17) is 0 Å². The summed E-state index contributed by atoms with van der Waals surface area (Å²) in [7, 11) is 0. The molecule has 1 fully saturated rings. The number of aromatic nitrogens is 3. The summed E-state index contributed by atoms with van der Waals surface area (Å²) in [4.78, 5) is 16.7. The average Bonchev–Trinajstić information content (AvgIpc) is 3.33. The molecule has 0 saturated heterocycles. The number of benzene rings is 1. The number of amides is 1. The van der Waals surface area contributed by atoms with Crippen molar-refractivity contribution in [2.24, 2.45) is 0 Å². The lowest BCUT2D eigenvalue weighted by Gasteiger charge is -2.07. The lowest BCUT2D eigenvalue weighted by molar-refractivity contribution is 0.0931. The molecule has 0 aliphatic heterocycles. The molecule has 122 valence electrons. The first-order chi connectivity index (χ1) is 11.2. The van der Waals surface area contributed by atoms with Crippen molar-refractivity contribution in [2.75, 3.05) is 6.54 Å². The number of carbonyl (C=O) groups excluding carboxylic acids is 1. The van der Waals surface area contributed by atoms with Crippen molar-refractivity contribution in [1.29, 1.82) is 0 Å². The molecule has 6 heteroatoms. The van der Waals surface area contributed by atoms with Crippen molar-refractivity contribution in [3.05, 3.63) is 42.0 Å². The quantitative estimate of drug-likeness (QED) is 0.819. The van der Waals surface area contributed by atoms with E-state index in [1.54, 1.807) is 4.68 Å². The maximum absolute atomic E-state index is 12.2. The molecule has 1 aliphatic carbocycles. The zero-order valence-corrected chi connectivity index (χ0v) is 13.3. The van der Waals surface area contributed by atoms with Gasteiger partial charge in [0.15, 0.2) is 0 Å². The number of aliphatic hydroxyl groups excluding tert-OH is 1. The van der Waals surface area contributed by atoms with Gasteiger partial charge in [0.25, 0.3) is 5.91 Å². The van der Waals surface area contributed by atoms with Gasteiger partial charge >= 0.3 is 0 Å². The molecule has 1 aromatic heterocycles. The highest BCUT2D eigenvalue weighted by atomic mass is 16.3. The molecule has 23 heavy (non-hydrogen) atoms. The fourth-order valence-electron chi connectivity index (χ4n) is 2.42. The number of aliphatic hydroxyl groups is 1. The van der Waals surface area contributed by atoms with Crippen LogP contribution < -0.4 is 5.32 Å². The number of para-hydroxylation sites is 1. The summed E-state index contributed by atoms with van der Waals surface area (Å²) in [5, 5.41) is 16.7. The van der Waals surface area contributed by atoms with Gasteiger partial charge < -0.3 is 10.4 Å². The summed E-state index contributed by atoms with van der Waals surface area (Å²) in [6.45, 7) is 2.34. The van der Waals surface area contributed by atoms with Gasteiger partial charge in [0, 0.05) is 12.5 Å². The Bertz CT molecular complexity index is 664. The topological polar surface area (TPSA) is 80.0 Å². The van der Waals surface area contributed by atoms with E-state index in [2.05, 4.69) is 15.4 Å². The first kappa shape index (κ1) is 15.7. The Morgan fingerprint density at radius 1 is 1.39 bits per heavy atom. The summed E-state index contributed by atoms with van der Waals surface area (Å²) >= 11 is 0. The summed E-state index contributed by atoms with van der Waals surface area (Å²) in [6.07, 6.45) is 3.02. The molecule has 1 heterocycles. The van der Waals surface area contributed by atoms with E-state index in [1.807, 2.05) is 37.3 Å². The van der Waals surface area contributed by atoms with E-state index in [1.165, 1.54) is 0 Å². The molecule has 6 nitrogen and oxygen atoms in total. The first-order valence-electron chi connectivity index (χ1n) is 8.17. The Labute approximate surface area is 135 Å².